The average Bonchev–Trinajstić information content (AvgIpc) is 3.28. The topological polar surface area (TPSA) is 104 Å². The molecule has 0 amide bonds. The Morgan fingerprint density at radius 2 is 1.93 bits per heavy atom. The van der Waals surface area contributed by atoms with Gasteiger partial charge in [-0.2, -0.15) is 11.0 Å². The second kappa shape index (κ2) is 11.8. The molecule has 5 unspecified atom stereocenters. The van der Waals surface area contributed by atoms with Crippen LogP contribution in [0.3, 0.4) is 0 Å². The van der Waals surface area contributed by atoms with Gasteiger partial charge in [-0.3, -0.25) is 4.84 Å². The minimum atomic E-state index is -0.845. The molecule has 0 radical (unpaired) electrons. The summed E-state index contributed by atoms with van der Waals surface area (Å²) in [5.74, 6) is -0.713. The molecule has 0 saturated carbocycles. The van der Waals surface area contributed by atoms with Gasteiger partial charge in [-0.15, -0.1) is 0 Å². The third kappa shape index (κ3) is 6.23. The molecular weight excluding hydrogens is 362 g/mol. The van der Waals surface area contributed by atoms with E-state index in [-0.39, 0.29) is 12.1 Å². The molecule has 0 aliphatic carbocycles. The fourth-order valence-corrected chi connectivity index (χ4v) is 3.41. The van der Waals surface area contributed by atoms with Crippen LogP contribution in [0, 0.1) is 5.92 Å². The Bertz CT molecular complexity index is 504. The van der Waals surface area contributed by atoms with Gasteiger partial charge in [0.15, 0.2) is 0 Å². The van der Waals surface area contributed by atoms with Gasteiger partial charge in [-0.1, -0.05) is 46.1 Å². The van der Waals surface area contributed by atoms with Crippen LogP contribution >= 0.6 is 0 Å². The van der Waals surface area contributed by atoms with Gasteiger partial charge >= 0.3 is 5.97 Å². The first-order valence-electron chi connectivity index (χ1n) is 10.7. The third-order valence-electron chi connectivity index (χ3n) is 5.06. The van der Waals surface area contributed by atoms with Gasteiger partial charge in [0.05, 0.1) is 12.0 Å². The van der Waals surface area contributed by atoms with Gasteiger partial charge in [0.1, 0.15) is 11.8 Å². The van der Waals surface area contributed by atoms with Gasteiger partial charge in [0.2, 0.25) is 6.29 Å². The Kier molecular flexibility index (Phi) is 9.84. The molecule has 0 aromatic rings. The zero-order chi connectivity index (χ0) is 20.4. The van der Waals surface area contributed by atoms with E-state index in [4.69, 9.17) is 24.9 Å². The Hall–Kier alpha value is -1.03. The third-order valence-corrected chi connectivity index (χ3v) is 5.06. The SMILES string of the molecule is CCCCNOC(=O)C1CC2(C(ONCCCC)OC(N)CCC)C=CC1O2. The number of rotatable bonds is 15. The highest BCUT2D eigenvalue weighted by atomic mass is 16.8. The maximum absolute atomic E-state index is 12.5. The van der Waals surface area contributed by atoms with Crippen LogP contribution in [0.4, 0.5) is 0 Å². The molecule has 2 aliphatic rings. The first-order valence-corrected chi connectivity index (χ1v) is 10.7. The Balaban J connectivity index is 1.97. The van der Waals surface area contributed by atoms with Gasteiger partial charge in [0, 0.05) is 19.5 Å². The first kappa shape index (κ1) is 23.3. The molecule has 1 saturated heterocycles. The van der Waals surface area contributed by atoms with Crippen LogP contribution in [0.15, 0.2) is 12.2 Å². The van der Waals surface area contributed by atoms with Crippen LogP contribution in [0.2, 0.25) is 0 Å². The molecule has 5 atom stereocenters. The first-order chi connectivity index (χ1) is 13.6. The molecule has 2 rings (SSSR count). The van der Waals surface area contributed by atoms with E-state index in [2.05, 4.69) is 24.8 Å². The van der Waals surface area contributed by atoms with Gasteiger partial charge in [0.25, 0.3) is 0 Å². The Morgan fingerprint density at radius 1 is 1.21 bits per heavy atom. The maximum atomic E-state index is 12.5. The van der Waals surface area contributed by atoms with Crippen molar-refractivity contribution in [3.05, 3.63) is 12.2 Å². The fourth-order valence-electron chi connectivity index (χ4n) is 3.41. The minimum absolute atomic E-state index is 0.317. The average molecular weight is 400 g/mol. The second-order valence-electron chi connectivity index (χ2n) is 7.54. The largest absolute Gasteiger partial charge is 0.370 e. The molecule has 2 bridgehead atoms. The van der Waals surface area contributed by atoms with Crippen molar-refractivity contribution in [2.75, 3.05) is 13.1 Å². The van der Waals surface area contributed by atoms with Crippen LogP contribution in [-0.2, 0) is 23.9 Å². The predicted molar refractivity (Wildman–Crippen MR) is 106 cm³/mol. The summed E-state index contributed by atoms with van der Waals surface area (Å²) in [6.07, 6.45) is 8.35. The lowest BCUT2D eigenvalue weighted by Crippen LogP contribution is -2.49. The summed E-state index contributed by atoms with van der Waals surface area (Å²) >= 11 is 0. The molecule has 28 heavy (non-hydrogen) atoms. The van der Waals surface area contributed by atoms with E-state index in [1.165, 1.54) is 0 Å². The summed E-state index contributed by atoms with van der Waals surface area (Å²) in [4.78, 5) is 23.5. The fraction of sp³-hybridized carbons (Fsp3) is 0.850. The zero-order valence-electron chi connectivity index (χ0n) is 17.4. The van der Waals surface area contributed by atoms with E-state index >= 15 is 0 Å². The molecule has 0 spiro atoms. The number of hydrogen-bond acceptors (Lipinski definition) is 8. The number of ether oxygens (including phenoxy) is 2. The molecule has 1 fully saturated rings. The Labute approximate surface area is 168 Å². The van der Waals surface area contributed by atoms with E-state index in [9.17, 15) is 4.79 Å². The summed E-state index contributed by atoms with van der Waals surface area (Å²) in [5, 5.41) is 0. The molecule has 0 aromatic heterocycles. The zero-order valence-corrected chi connectivity index (χ0v) is 17.4. The van der Waals surface area contributed by atoms with E-state index < -0.39 is 24.0 Å². The van der Waals surface area contributed by atoms with Crippen LogP contribution < -0.4 is 16.7 Å². The second-order valence-corrected chi connectivity index (χ2v) is 7.54. The van der Waals surface area contributed by atoms with E-state index in [0.29, 0.717) is 25.9 Å². The number of fused-ring (bicyclic) bond motifs is 2. The van der Waals surface area contributed by atoms with Crippen LogP contribution in [-0.4, -0.2) is 43.3 Å². The lowest BCUT2D eigenvalue weighted by atomic mass is 9.86. The number of carbonyl (C=O) groups is 1. The van der Waals surface area contributed by atoms with Crippen molar-refractivity contribution in [2.45, 2.75) is 89.9 Å². The lowest BCUT2D eigenvalue weighted by Gasteiger charge is -2.34. The highest BCUT2D eigenvalue weighted by Gasteiger charge is 2.57. The van der Waals surface area contributed by atoms with Gasteiger partial charge in [-0.05, 0) is 25.3 Å². The van der Waals surface area contributed by atoms with Crippen molar-refractivity contribution in [1.29, 1.82) is 0 Å². The molecule has 0 aromatic carbocycles. The highest BCUT2D eigenvalue weighted by Crippen LogP contribution is 2.46. The number of unbranched alkanes of at least 4 members (excludes halogenated alkanes) is 2. The normalized spacial score (nSPS) is 27.9. The van der Waals surface area contributed by atoms with E-state index in [0.717, 1.165) is 32.1 Å². The molecule has 4 N–H and O–H groups in total. The molecule has 8 nitrogen and oxygen atoms in total. The van der Waals surface area contributed by atoms with Crippen LogP contribution in [0.25, 0.3) is 0 Å². The standard InChI is InChI=1S/C20H37N3O5/c1-4-7-12-22-27-18(24)15-14-20(11-10-16(15)26-20)19(25-17(21)9-6-3)28-23-13-8-5-2/h10-11,15-17,19,22-23H,4-9,12-14,21H2,1-3H3. The minimum Gasteiger partial charge on any atom is -0.370 e. The summed E-state index contributed by atoms with van der Waals surface area (Å²) in [6, 6.07) is 0. The maximum Gasteiger partial charge on any atom is 0.330 e. The van der Waals surface area contributed by atoms with Crippen molar-refractivity contribution < 1.29 is 23.9 Å². The van der Waals surface area contributed by atoms with E-state index in [1.807, 2.05) is 19.1 Å². The van der Waals surface area contributed by atoms with Crippen molar-refractivity contribution in [1.82, 2.24) is 11.0 Å². The number of hydroxylamine groups is 2. The summed E-state index contributed by atoms with van der Waals surface area (Å²) in [5.41, 5.74) is 10.9. The number of carbonyl (C=O) groups excluding carboxylic acids is 1. The smallest absolute Gasteiger partial charge is 0.330 e. The van der Waals surface area contributed by atoms with Gasteiger partial charge in [-0.25, -0.2) is 4.79 Å². The van der Waals surface area contributed by atoms with Crippen molar-refractivity contribution >= 4 is 5.97 Å². The molecule has 2 aliphatic heterocycles. The predicted octanol–water partition coefficient (Wildman–Crippen LogP) is 2.30. The quantitative estimate of drug-likeness (QED) is 0.167. The van der Waals surface area contributed by atoms with Crippen LogP contribution in [0.5, 0.6) is 0 Å². The molecule has 8 heteroatoms. The van der Waals surface area contributed by atoms with Crippen molar-refractivity contribution in [2.24, 2.45) is 11.7 Å². The number of hydrogen-bond donors (Lipinski definition) is 3. The number of nitrogens with one attached hydrogen (secondary N) is 2. The van der Waals surface area contributed by atoms with Crippen molar-refractivity contribution in [3.8, 4) is 0 Å². The lowest BCUT2D eigenvalue weighted by molar-refractivity contribution is -0.266. The summed E-state index contributed by atoms with van der Waals surface area (Å²) in [7, 11) is 0. The monoisotopic (exact) mass is 399 g/mol. The highest BCUT2D eigenvalue weighted by molar-refractivity contribution is 5.74. The summed E-state index contributed by atoms with van der Waals surface area (Å²) in [6.45, 7) is 7.59. The molecule has 2 heterocycles. The van der Waals surface area contributed by atoms with Crippen molar-refractivity contribution in [3.63, 3.8) is 0 Å². The summed E-state index contributed by atoms with van der Waals surface area (Å²) < 4.78 is 12.1. The molecule has 162 valence electrons. The van der Waals surface area contributed by atoms with E-state index in [1.54, 1.807) is 0 Å². The van der Waals surface area contributed by atoms with Crippen LogP contribution in [0.1, 0.15) is 65.7 Å². The Morgan fingerprint density at radius 3 is 2.61 bits per heavy atom. The molecular formula is C20H37N3O5. The van der Waals surface area contributed by atoms with Gasteiger partial charge < -0.3 is 20.0 Å². The number of nitrogens with two attached hydrogens (primary N) is 1.